The normalized spacial score (nSPS) is 11.4. The summed E-state index contributed by atoms with van der Waals surface area (Å²) in [5.41, 5.74) is 5.32. The molecule has 9 nitrogen and oxygen atoms in total. The monoisotopic (exact) mass is 248 g/mol. The van der Waals surface area contributed by atoms with Crippen LogP contribution in [0.25, 0.3) is 0 Å². The topological polar surface area (TPSA) is 167 Å². The van der Waals surface area contributed by atoms with Gasteiger partial charge in [-0.1, -0.05) is 0 Å². The van der Waals surface area contributed by atoms with Crippen molar-refractivity contribution in [2.75, 3.05) is 7.11 Å². The second-order valence-electron chi connectivity index (χ2n) is 2.95. The molecule has 0 aliphatic carbocycles. The standard InChI is InChI=1S/C8H10N2O6.H2O/c1-15-6-3(2-4(9)7(11)12)5(8(13)14)16-10-6;/h4H,2,9H2,1H3,(H,11,12)(H,13,14);1H2/t4-;/m0./s1. The fraction of sp³-hybridized carbons (Fsp3) is 0.375. The number of hydrogen-bond acceptors (Lipinski definition) is 6. The Morgan fingerprint density at radius 1 is 1.53 bits per heavy atom. The number of rotatable bonds is 5. The van der Waals surface area contributed by atoms with Crippen molar-refractivity contribution < 1.29 is 34.5 Å². The molecule has 1 heterocycles. The third-order valence-electron chi connectivity index (χ3n) is 1.88. The zero-order valence-corrected chi connectivity index (χ0v) is 8.84. The summed E-state index contributed by atoms with van der Waals surface area (Å²) in [7, 11) is 1.26. The Labute approximate surface area is 95.1 Å². The second-order valence-corrected chi connectivity index (χ2v) is 2.95. The van der Waals surface area contributed by atoms with Gasteiger partial charge in [0, 0.05) is 6.42 Å². The molecule has 0 saturated carbocycles. The Morgan fingerprint density at radius 2 is 2.12 bits per heavy atom. The van der Waals surface area contributed by atoms with E-state index in [0.29, 0.717) is 0 Å². The first-order valence-electron chi connectivity index (χ1n) is 4.21. The minimum absolute atomic E-state index is 0. The zero-order chi connectivity index (χ0) is 12.3. The fourth-order valence-electron chi connectivity index (χ4n) is 1.11. The first kappa shape index (κ1) is 14.9. The number of carbonyl (C=O) groups is 2. The average Bonchev–Trinajstić information content (AvgIpc) is 2.60. The van der Waals surface area contributed by atoms with E-state index in [1.165, 1.54) is 7.11 Å². The van der Waals surface area contributed by atoms with Gasteiger partial charge in [0.1, 0.15) is 6.04 Å². The summed E-state index contributed by atoms with van der Waals surface area (Å²) < 4.78 is 9.25. The van der Waals surface area contributed by atoms with Crippen molar-refractivity contribution >= 4 is 11.9 Å². The minimum Gasteiger partial charge on any atom is -0.480 e. The maximum atomic E-state index is 10.7. The van der Waals surface area contributed by atoms with Crippen molar-refractivity contribution in [2.45, 2.75) is 12.5 Å². The first-order valence-corrected chi connectivity index (χ1v) is 4.21. The second kappa shape index (κ2) is 5.82. The van der Waals surface area contributed by atoms with Crippen molar-refractivity contribution in [1.82, 2.24) is 5.16 Å². The molecule has 17 heavy (non-hydrogen) atoms. The number of carboxylic acids is 2. The lowest BCUT2D eigenvalue weighted by molar-refractivity contribution is -0.138. The van der Waals surface area contributed by atoms with E-state index in [1.807, 2.05) is 0 Å². The molecule has 1 rings (SSSR count). The van der Waals surface area contributed by atoms with Crippen molar-refractivity contribution in [3.8, 4) is 5.88 Å². The van der Waals surface area contributed by atoms with Crippen LogP contribution in [0.2, 0.25) is 0 Å². The van der Waals surface area contributed by atoms with Gasteiger partial charge in [0.2, 0.25) is 0 Å². The van der Waals surface area contributed by atoms with Gasteiger partial charge in [-0.25, -0.2) is 4.79 Å². The molecule has 0 saturated heterocycles. The number of aromatic nitrogens is 1. The summed E-state index contributed by atoms with van der Waals surface area (Å²) >= 11 is 0. The predicted octanol–water partition coefficient (Wildman–Crippen LogP) is -1.49. The van der Waals surface area contributed by atoms with Crippen LogP contribution in [0.3, 0.4) is 0 Å². The lowest BCUT2D eigenvalue weighted by atomic mass is 10.1. The molecule has 0 aliphatic heterocycles. The Hall–Kier alpha value is -2.13. The molecule has 0 aromatic carbocycles. The van der Waals surface area contributed by atoms with E-state index >= 15 is 0 Å². The summed E-state index contributed by atoms with van der Waals surface area (Å²) in [4.78, 5) is 21.3. The molecule has 0 bridgehead atoms. The molecule has 1 atom stereocenters. The number of ether oxygens (including phenoxy) is 1. The minimum atomic E-state index is -1.36. The summed E-state index contributed by atoms with van der Waals surface area (Å²) in [6, 6.07) is -1.24. The highest BCUT2D eigenvalue weighted by atomic mass is 16.5. The van der Waals surface area contributed by atoms with Gasteiger partial charge in [0.25, 0.3) is 11.6 Å². The Kier molecular flexibility index (Phi) is 5.09. The van der Waals surface area contributed by atoms with Crippen LogP contribution in [0.15, 0.2) is 4.52 Å². The molecule has 6 N–H and O–H groups in total. The van der Waals surface area contributed by atoms with Crippen LogP contribution in [-0.4, -0.2) is 45.9 Å². The molecule has 9 heteroatoms. The number of aliphatic carboxylic acids is 1. The number of nitrogens with zero attached hydrogens (tertiary/aromatic N) is 1. The quantitative estimate of drug-likeness (QED) is 0.566. The molecule has 1 aromatic heterocycles. The van der Waals surface area contributed by atoms with Gasteiger partial charge in [-0.15, -0.1) is 0 Å². The predicted molar refractivity (Wildman–Crippen MR) is 52.9 cm³/mol. The van der Waals surface area contributed by atoms with Gasteiger partial charge in [0.05, 0.1) is 12.7 Å². The SMILES string of the molecule is COc1noc(C(=O)O)c1C[C@H](N)C(=O)O.O. The van der Waals surface area contributed by atoms with E-state index in [-0.39, 0.29) is 23.3 Å². The van der Waals surface area contributed by atoms with Gasteiger partial charge in [0.15, 0.2) is 0 Å². The van der Waals surface area contributed by atoms with Crippen LogP contribution >= 0.6 is 0 Å². The van der Waals surface area contributed by atoms with Crippen LogP contribution < -0.4 is 10.5 Å². The summed E-state index contributed by atoms with van der Waals surface area (Å²) in [5.74, 6) is -3.15. The molecule has 96 valence electrons. The van der Waals surface area contributed by atoms with E-state index in [1.54, 1.807) is 0 Å². The molecule has 0 radical (unpaired) electrons. The molecular weight excluding hydrogens is 236 g/mol. The van der Waals surface area contributed by atoms with Gasteiger partial charge < -0.3 is 30.7 Å². The van der Waals surface area contributed by atoms with Gasteiger partial charge in [-0.05, 0) is 5.16 Å². The smallest absolute Gasteiger partial charge is 0.375 e. The lowest BCUT2D eigenvalue weighted by Gasteiger charge is -2.05. The number of methoxy groups -OCH3 is 1. The Bertz CT molecular complexity index is 414. The third kappa shape index (κ3) is 3.16. The van der Waals surface area contributed by atoms with E-state index in [0.717, 1.165) is 0 Å². The summed E-state index contributed by atoms with van der Waals surface area (Å²) in [5, 5.41) is 20.7. The van der Waals surface area contributed by atoms with E-state index in [2.05, 4.69) is 9.68 Å². The number of carboxylic acid groups (broad SMARTS) is 2. The third-order valence-corrected chi connectivity index (χ3v) is 1.88. The van der Waals surface area contributed by atoms with Crippen LogP contribution in [0.4, 0.5) is 0 Å². The molecule has 1 aromatic rings. The molecular formula is C8H12N2O7. The first-order chi connectivity index (χ1) is 7.47. The molecule has 0 fully saturated rings. The number of nitrogens with two attached hydrogens (primary N) is 1. The summed E-state index contributed by atoms with van der Waals surface area (Å²) in [6.45, 7) is 0. The van der Waals surface area contributed by atoms with Gasteiger partial charge >= 0.3 is 11.9 Å². The van der Waals surface area contributed by atoms with Crippen LogP contribution in [-0.2, 0) is 11.2 Å². The maximum Gasteiger partial charge on any atom is 0.375 e. The van der Waals surface area contributed by atoms with Crippen molar-refractivity contribution in [2.24, 2.45) is 5.73 Å². The zero-order valence-electron chi connectivity index (χ0n) is 8.84. The fourth-order valence-corrected chi connectivity index (χ4v) is 1.11. The number of aromatic carboxylic acids is 1. The largest absolute Gasteiger partial charge is 0.480 e. The molecule has 0 aliphatic rings. The van der Waals surface area contributed by atoms with Crippen molar-refractivity contribution in [3.63, 3.8) is 0 Å². The van der Waals surface area contributed by atoms with E-state index in [9.17, 15) is 9.59 Å². The van der Waals surface area contributed by atoms with Crippen molar-refractivity contribution in [1.29, 1.82) is 0 Å². The summed E-state index contributed by atoms with van der Waals surface area (Å²) in [6.07, 6.45) is -0.232. The van der Waals surface area contributed by atoms with Crippen molar-refractivity contribution in [3.05, 3.63) is 11.3 Å². The highest BCUT2D eigenvalue weighted by molar-refractivity contribution is 5.87. The number of hydrogen-bond donors (Lipinski definition) is 3. The lowest BCUT2D eigenvalue weighted by Crippen LogP contribution is -2.32. The maximum absolute atomic E-state index is 10.7. The van der Waals surface area contributed by atoms with Crippen LogP contribution in [0.5, 0.6) is 5.88 Å². The van der Waals surface area contributed by atoms with Gasteiger partial charge in [-0.3, -0.25) is 4.79 Å². The van der Waals surface area contributed by atoms with E-state index in [4.69, 9.17) is 20.7 Å². The van der Waals surface area contributed by atoms with Crippen LogP contribution in [0.1, 0.15) is 16.1 Å². The van der Waals surface area contributed by atoms with E-state index < -0.39 is 23.7 Å². The Morgan fingerprint density at radius 3 is 2.53 bits per heavy atom. The highest BCUT2D eigenvalue weighted by Crippen LogP contribution is 2.22. The average molecular weight is 248 g/mol. The van der Waals surface area contributed by atoms with Crippen LogP contribution in [0, 0.1) is 0 Å². The highest BCUT2D eigenvalue weighted by Gasteiger charge is 2.26. The molecule has 0 amide bonds. The molecule has 0 unspecified atom stereocenters. The molecule has 0 spiro atoms. The van der Waals surface area contributed by atoms with Gasteiger partial charge in [-0.2, -0.15) is 0 Å². The Balaban J connectivity index is 0.00000256.